The summed E-state index contributed by atoms with van der Waals surface area (Å²) in [5, 5.41) is 18.7. The monoisotopic (exact) mass is 212 g/mol. The summed E-state index contributed by atoms with van der Waals surface area (Å²) < 4.78 is 10.6. The second kappa shape index (κ2) is 5.46. The molecule has 0 saturated heterocycles. The Morgan fingerprint density at radius 2 is 1.80 bits per heavy atom. The van der Waals surface area contributed by atoms with E-state index in [4.69, 9.17) is 14.6 Å². The molecule has 0 spiro atoms. The normalized spacial score (nSPS) is 10.1. The van der Waals surface area contributed by atoms with Crippen LogP contribution in [0.1, 0.15) is 19.4 Å². The fourth-order valence-corrected chi connectivity index (χ4v) is 1.27. The molecule has 4 heteroatoms. The van der Waals surface area contributed by atoms with E-state index in [9.17, 15) is 5.11 Å². The van der Waals surface area contributed by atoms with Gasteiger partial charge in [-0.2, -0.15) is 0 Å². The smallest absolute Gasteiger partial charge is 0.203 e. The van der Waals surface area contributed by atoms with Crippen LogP contribution in [0.3, 0.4) is 0 Å². The summed E-state index contributed by atoms with van der Waals surface area (Å²) in [6, 6.07) is 3.29. The minimum atomic E-state index is -0.224. The number of hydrogen-bond acceptors (Lipinski definition) is 4. The molecule has 1 rings (SSSR count). The third-order valence-corrected chi connectivity index (χ3v) is 1.94. The molecule has 0 fully saturated rings. The Balaban J connectivity index is 3.11. The fourth-order valence-electron chi connectivity index (χ4n) is 1.27. The van der Waals surface area contributed by atoms with Gasteiger partial charge in [0, 0.05) is 5.56 Å². The molecule has 84 valence electrons. The lowest BCUT2D eigenvalue weighted by atomic mass is 10.2. The maximum Gasteiger partial charge on any atom is 0.203 e. The van der Waals surface area contributed by atoms with E-state index in [0.29, 0.717) is 30.3 Å². The Morgan fingerprint density at radius 1 is 1.13 bits per heavy atom. The largest absolute Gasteiger partial charge is 0.504 e. The zero-order valence-electron chi connectivity index (χ0n) is 8.99. The van der Waals surface area contributed by atoms with Crippen molar-refractivity contribution in [3.05, 3.63) is 17.7 Å². The summed E-state index contributed by atoms with van der Waals surface area (Å²) in [6.07, 6.45) is 0. The van der Waals surface area contributed by atoms with E-state index in [1.54, 1.807) is 12.1 Å². The van der Waals surface area contributed by atoms with E-state index in [1.165, 1.54) is 0 Å². The first-order valence-corrected chi connectivity index (χ1v) is 4.95. The lowest BCUT2D eigenvalue weighted by Gasteiger charge is -2.13. The van der Waals surface area contributed by atoms with E-state index < -0.39 is 0 Å². The van der Waals surface area contributed by atoms with Crippen molar-refractivity contribution in [1.82, 2.24) is 0 Å². The first kappa shape index (κ1) is 11.7. The molecular weight excluding hydrogens is 196 g/mol. The Morgan fingerprint density at radius 3 is 2.33 bits per heavy atom. The average molecular weight is 212 g/mol. The highest BCUT2D eigenvalue weighted by molar-refractivity contribution is 5.54. The Labute approximate surface area is 89.1 Å². The molecule has 0 heterocycles. The van der Waals surface area contributed by atoms with E-state index >= 15 is 0 Å². The predicted molar refractivity (Wildman–Crippen MR) is 56.4 cm³/mol. The number of aliphatic hydroxyl groups excluding tert-OH is 1. The number of aromatic hydroxyl groups is 1. The van der Waals surface area contributed by atoms with Gasteiger partial charge in [0.05, 0.1) is 19.8 Å². The van der Waals surface area contributed by atoms with Gasteiger partial charge in [-0.3, -0.25) is 0 Å². The fraction of sp³-hybridized carbons (Fsp3) is 0.455. The van der Waals surface area contributed by atoms with Crippen molar-refractivity contribution in [3.63, 3.8) is 0 Å². The highest BCUT2D eigenvalue weighted by Crippen LogP contribution is 2.39. The van der Waals surface area contributed by atoms with Crippen LogP contribution in [0.4, 0.5) is 0 Å². The summed E-state index contributed by atoms with van der Waals surface area (Å²) in [6.45, 7) is 4.38. The Bertz CT molecular complexity index is 323. The predicted octanol–water partition coefficient (Wildman–Crippen LogP) is 1.68. The molecule has 1 aromatic rings. The van der Waals surface area contributed by atoms with Gasteiger partial charge in [-0.25, -0.2) is 0 Å². The molecule has 0 atom stereocenters. The lowest BCUT2D eigenvalue weighted by molar-refractivity contribution is 0.258. The summed E-state index contributed by atoms with van der Waals surface area (Å²) in [5.41, 5.74) is 0.432. The molecule has 0 aliphatic heterocycles. The number of hydrogen-bond donors (Lipinski definition) is 2. The van der Waals surface area contributed by atoms with Crippen molar-refractivity contribution in [1.29, 1.82) is 0 Å². The molecule has 0 aromatic heterocycles. The highest BCUT2D eigenvalue weighted by Gasteiger charge is 2.14. The number of phenols is 1. The van der Waals surface area contributed by atoms with Crippen LogP contribution in [0, 0.1) is 0 Å². The number of ether oxygens (including phenoxy) is 2. The van der Waals surface area contributed by atoms with Crippen molar-refractivity contribution in [2.24, 2.45) is 0 Å². The molecule has 0 bridgehead atoms. The van der Waals surface area contributed by atoms with Crippen LogP contribution in [0.15, 0.2) is 12.1 Å². The topological polar surface area (TPSA) is 58.9 Å². The molecule has 0 radical (unpaired) electrons. The zero-order valence-corrected chi connectivity index (χ0v) is 8.99. The molecule has 0 aliphatic carbocycles. The van der Waals surface area contributed by atoms with Gasteiger partial charge in [0.2, 0.25) is 5.75 Å². The van der Waals surface area contributed by atoms with Crippen molar-refractivity contribution < 1.29 is 19.7 Å². The second-order valence-electron chi connectivity index (χ2n) is 2.92. The van der Waals surface area contributed by atoms with Gasteiger partial charge in [0.25, 0.3) is 0 Å². The van der Waals surface area contributed by atoms with Gasteiger partial charge < -0.3 is 19.7 Å². The Hall–Kier alpha value is -1.42. The Kier molecular flexibility index (Phi) is 4.24. The third-order valence-electron chi connectivity index (χ3n) is 1.94. The van der Waals surface area contributed by atoms with Crippen molar-refractivity contribution >= 4 is 0 Å². The highest BCUT2D eigenvalue weighted by atomic mass is 16.5. The number of aliphatic hydroxyl groups is 1. The quantitative estimate of drug-likeness (QED) is 0.779. The first-order chi connectivity index (χ1) is 7.24. The van der Waals surface area contributed by atoms with Gasteiger partial charge in [0.15, 0.2) is 11.5 Å². The molecule has 15 heavy (non-hydrogen) atoms. The van der Waals surface area contributed by atoms with Crippen LogP contribution in [0.2, 0.25) is 0 Å². The molecular formula is C11H16O4. The summed E-state index contributed by atoms with van der Waals surface area (Å²) >= 11 is 0. The van der Waals surface area contributed by atoms with E-state index in [2.05, 4.69) is 0 Å². The van der Waals surface area contributed by atoms with E-state index in [0.717, 1.165) is 0 Å². The SMILES string of the molecule is CCOc1ccc(CO)c(O)c1OCC. The summed E-state index contributed by atoms with van der Waals surface area (Å²) in [5.74, 6) is 0.741. The molecule has 2 N–H and O–H groups in total. The van der Waals surface area contributed by atoms with Gasteiger partial charge >= 0.3 is 0 Å². The van der Waals surface area contributed by atoms with Crippen molar-refractivity contribution in [2.75, 3.05) is 13.2 Å². The summed E-state index contributed by atoms with van der Waals surface area (Å²) in [7, 11) is 0. The van der Waals surface area contributed by atoms with Crippen LogP contribution >= 0.6 is 0 Å². The molecule has 0 amide bonds. The van der Waals surface area contributed by atoms with Gasteiger partial charge in [0.1, 0.15) is 0 Å². The average Bonchev–Trinajstić information content (AvgIpc) is 2.24. The van der Waals surface area contributed by atoms with Crippen LogP contribution in [-0.4, -0.2) is 23.4 Å². The second-order valence-corrected chi connectivity index (χ2v) is 2.92. The maximum atomic E-state index is 9.76. The van der Waals surface area contributed by atoms with E-state index in [1.807, 2.05) is 13.8 Å². The third kappa shape index (κ3) is 2.53. The minimum Gasteiger partial charge on any atom is -0.504 e. The standard InChI is InChI=1S/C11H16O4/c1-3-14-9-6-5-8(7-12)10(13)11(9)15-4-2/h5-6,12-13H,3-4,7H2,1-2H3. The lowest BCUT2D eigenvalue weighted by Crippen LogP contribution is -2.00. The van der Waals surface area contributed by atoms with Crippen LogP contribution in [0.25, 0.3) is 0 Å². The number of benzene rings is 1. The molecule has 0 saturated carbocycles. The number of rotatable bonds is 5. The minimum absolute atomic E-state index is 0.0506. The van der Waals surface area contributed by atoms with Crippen LogP contribution in [0.5, 0.6) is 17.2 Å². The first-order valence-electron chi connectivity index (χ1n) is 4.95. The van der Waals surface area contributed by atoms with Crippen molar-refractivity contribution in [3.8, 4) is 17.2 Å². The van der Waals surface area contributed by atoms with Gasteiger partial charge in [-0.05, 0) is 26.0 Å². The maximum absolute atomic E-state index is 9.76. The van der Waals surface area contributed by atoms with E-state index in [-0.39, 0.29) is 12.4 Å². The van der Waals surface area contributed by atoms with Crippen molar-refractivity contribution in [2.45, 2.75) is 20.5 Å². The molecule has 0 aliphatic rings. The zero-order chi connectivity index (χ0) is 11.3. The van der Waals surface area contributed by atoms with Crippen LogP contribution < -0.4 is 9.47 Å². The molecule has 4 nitrogen and oxygen atoms in total. The molecule has 1 aromatic carbocycles. The van der Waals surface area contributed by atoms with Crippen LogP contribution in [-0.2, 0) is 6.61 Å². The van der Waals surface area contributed by atoms with Gasteiger partial charge in [-0.1, -0.05) is 0 Å². The summed E-state index contributed by atoms with van der Waals surface area (Å²) in [4.78, 5) is 0. The van der Waals surface area contributed by atoms with Gasteiger partial charge in [-0.15, -0.1) is 0 Å². The molecule has 0 unspecified atom stereocenters.